The zero-order valence-electron chi connectivity index (χ0n) is 11.1. The first-order valence-electron chi connectivity index (χ1n) is 6.86. The Kier molecular flexibility index (Phi) is 4.05. The Morgan fingerprint density at radius 3 is 2.35 bits per heavy atom. The number of hydrogen-bond donors (Lipinski definition) is 1. The van der Waals surface area contributed by atoms with Gasteiger partial charge >= 0.3 is 0 Å². The maximum atomic E-state index is 12.5. The van der Waals surface area contributed by atoms with Crippen molar-refractivity contribution in [3.63, 3.8) is 0 Å². The highest BCUT2D eigenvalue weighted by Crippen LogP contribution is 2.41. The summed E-state index contributed by atoms with van der Waals surface area (Å²) >= 11 is 2.21. The average molecular weight is 377 g/mol. The lowest BCUT2D eigenvalue weighted by Gasteiger charge is -2.19. The van der Waals surface area contributed by atoms with Crippen LogP contribution >= 0.6 is 22.6 Å². The van der Waals surface area contributed by atoms with Gasteiger partial charge in [0.15, 0.2) is 0 Å². The maximum Gasteiger partial charge on any atom is 0.252 e. The van der Waals surface area contributed by atoms with Crippen LogP contribution in [0.5, 0.6) is 0 Å². The summed E-state index contributed by atoms with van der Waals surface area (Å²) in [4.78, 5) is 12.5. The van der Waals surface area contributed by atoms with Crippen LogP contribution in [0, 0.1) is 9.49 Å². The first-order valence-corrected chi connectivity index (χ1v) is 7.94. The summed E-state index contributed by atoms with van der Waals surface area (Å²) in [5, 5.41) is 3.21. The zero-order chi connectivity index (χ0) is 13.9. The van der Waals surface area contributed by atoms with E-state index >= 15 is 0 Å². The molecule has 1 saturated carbocycles. The van der Waals surface area contributed by atoms with Crippen molar-refractivity contribution in [2.45, 2.75) is 18.9 Å². The quantitative estimate of drug-likeness (QED) is 0.797. The molecule has 1 aliphatic carbocycles. The Hall–Kier alpha value is -1.36. The van der Waals surface area contributed by atoms with Crippen molar-refractivity contribution in [1.29, 1.82) is 0 Å². The fourth-order valence-corrected chi connectivity index (χ4v) is 3.06. The normalized spacial score (nSPS) is 15.7. The Balaban J connectivity index is 1.81. The van der Waals surface area contributed by atoms with Gasteiger partial charge in [-0.2, -0.15) is 0 Å². The molecule has 3 rings (SSSR count). The number of hydrogen-bond acceptors (Lipinski definition) is 1. The monoisotopic (exact) mass is 377 g/mol. The van der Waals surface area contributed by atoms with Crippen molar-refractivity contribution >= 4 is 28.5 Å². The molecular formula is C17H16INO. The Morgan fingerprint density at radius 1 is 1.05 bits per heavy atom. The lowest BCUT2D eigenvalue weighted by molar-refractivity contribution is 0.0931. The van der Waals surface area contributed by atoms with E-state index in [2.05, 4.69) is 40.0 Å². The highest BCUT2D eigenvalue weighted by molar-refractivity contribution is 14.1. The summed E-state index contributed by atoms with van der Waals surface area (Å²) in [6, 6.07) is 18.1. The second-order valence-corrected chi connectivity index (χ2v) is 6.34. The average Bonchev–Trinajstić information content (AvgIpc) is 3.30. The molecule has 1 aliphatic rings. The molecule has 2 aromatic carbocycles. The highest BCUT2D eigenvalue weighted by atomic mass is 127. The van der Waals surface area contributed by atoms with Crippen molar-refractivity contribution in [3.8, 4) is 0 Å². The number of carbonyl (C=O) groups is 1. The van der Waals surface area contributed by atoms with Crippen molar-refractivity contribution in [2.75, 3.05) is 0 Å². The third-order valence-electron chi connectivity index (χ3n) is 3.66. The van der Waals surface area contributed by atoms with E-state index in [0.29, 0.717) is 5.92 Å². The largest absolute Gasteiger partial charge is 0.345 e. The maximum absolute atomic E-state index is 12.5. The molecular weight excluding hydrogens is 361 g/mol. The summed E-state index contributed by atoms with van der Waals surface area (Å²) in [5.41, 5.74) is 1.96. The van der Waals surface area contributed by atoms with Gasteiger partial charge in [0, 0.05) is 3.57 Å². The summed E-state index contributed by atoms with van der Waals surface area (Å²) in [6.07, 6.45) is 2.40. The minimum Gasteiger partial charge on any atom is -0.345 e. The molecule has 0 bridgehead atoms. The van der Waals surface area contributed by atoms with Gasteiger partial charge in [0.25, 0.3) is 5.91 Å². The van der Waals surface area contributed by atoms with Crippen LogP contribution in [-0.2, 0) is 0 Å². The molecule has 0 heterocycles. The molecule has 2 aromatic rings. The second kappa shape index (κ2) is 5.95. The number of amides is 1. The lowest BCUT2D eigenvalue weighted by atomic mass is 10.0. The van der Waals surface area contributed by atoms with E-state index in [-0.39, 0.29) is 11.9 Å². The molecule has 0 radical (unpaired) electrons. The van der Waals surface area contributed by atoms with Gasteiger partial charge in [-0.15, -0.1) is 0 Å². The van der Waals surface area contributed by atoms with Gasteiger partial charge in [0.05, 0.1) is 11.6 Å². The van der Waals surface area contributed by atoms with Crippen molar-refractivity contribution in [2.24, 2.45) is 5.92 Å². The Bertz CT molecular complexity index is 607. The molecule has 1 N–H and O–H groups in total. The number of benzene rings is 2. The van der Waals surface area contributed by atoms with Crippen LogP contribution in [0.3, 0.4) is 0 Å². The fourth-order valence-electron chi connectivity index (χ4n) is 2.43. The standard InChI is InChI=1S/C17H16INO/c18-15-9-5-4-8-14(15)17(20)19-16(13-10-11-13)12-6-2-1-3-7-12/h1-9,13,16H,10-11H2,(H,19,20)/t16-/m0/s1. The molecule has 0 saturated heterocycles. The van der Waals surface area contributed by atoms with Crippen LogP contribution in [-0.4, -0.2) is 5.91 Å². The summed E-state index contributed by atoms with van der Waals surface area (Å²) < 4.78 is 0.991. The molecule has 20 heavy (non-hydrogen) atoms. The first kappa shape index (κ1) is 13.6. The van der Waals surface area contributed by atoms with Gasteiger partial charge < -0.3 is 5.32 Å². The summed E-state index contributed by atoms with van der Waals surface area (Å²) in [5.74, 6) is 0.610. The van der Waals surface area contributed by atoms with E-state index in [1.165, 1.54) is 18.4 Å². The Labute approximate surface area is 132 Å². The molecule has 0 unspecified atom stereocenters. The van der Waals surface area contributed by atoms with Gasteiger partial charge in [-0.05, 0) is 59.0 Å². The van der Waals surface area contributed by atoms with Crippen LogP contribution < -0.4 is 5.32 Å². The van der Waals surface area contributed by atoms with Crippen LogP contribution in [0.2, 0.25) is 0 Å². The minimum absolute atomic E-state index is 0.0238. The molecule has 2 nitrogen and oxygen atoms in total. The molecule has 0 spiro atoms. The summed E-state index contributed by atoms with van der Waals surface area (Å²) in [6.45, 7) is 0. The van der Waals surface area contributed by atoms with E-state index < -0.39 is 0 Å². The SMILES string of the molecule is O=C(N[C@@H](c1ccccc1)C1CC1)c1ccccc1I. The second-order valence-electron chi connectivity index (χ2n) is 5.18. The van der Waals surface area contributed by atoms with Crippen LogP contribution in [0.25, 0.3) is 0 Å². The molecule has 3 heteroatoms. The topological polar surface area (TPSA) is 29.1 Å². The number of carbonyl (C=O) groups excluding carboxylic acids is 1. The van der Waals surface area contributed by atoms with E-state index in [4.69, 9.17) is 0 Å². The number of rotatable bonds is 4. The van der Waals surface area contributed by atoms with E-state index in [1.54, 1.807) is 0 Å². The zero-order valence-corrected chi connectivity index (χ0v) is 13.2. The summed E-state index contributed by atoms with van der Waals surface area (Å²) in [7, 11) is 0. The molecule has 102 valence electrons. The smallest absolute Gasteiger partial charge is 0.252 e. The van der Waals surface area contributed by atoms with Crippen molar-refractivity contribution in [3.05, 3.63) is 69.3 Å². The predicted molar refractivity (Wildman–Crippen MR) is 88.5 cm³/mol. The minimum atomic E-state index is 0.0238. The predicted octanol–water partition coefficient (Wildman–Crippen LogP) is 4.17. The fraction of sp³-hybridized carbons (Fsp3) is 0.235. The van der Waals surface area contributed by atoms with Gasteiger partial charge in [0.2, 0.25) is 0 Å². The number of nitrogens with one attached hydrogen (secondary N) is 1. The molecule has 1 atom stereocenters. The highest BCUT2D eigenvalue weighted by Gasteiger charge is 2.33. The van der Waals surface area contributed by atoms with Crippen molar-refractivity contribution in [1.82, 2.24) is 5.32 Å². The molecule has 0 aromatic heterocycles. The lowest BCUT2D eigenvalue weighted by Crippen LogP contribution is -2.30. The van der Waals surface area contributed by atoms with Crippen LogP contribution in [0.4, 0.5) is 0 Å². The number of halogens is 1. The van der Waals surface area contributed by atoms with Gasteiger partial charge in [-0.25, -0.2) is 0 Å². The third kappa shape index (κ3) is 3.03. The van der Waals surface area contributed by atoms with E-state index in [9.17, 15) is 4.79 Å². The van der Waals surface area contributed by atoms with E-state index in [0.717, 1.165) is 9.13 Å². The molecule has 1 fully saturated rings. The molecule has 0 aliphatic heterocycles. The Morgan fingerprint density at radius 2 is 1.70 bits per heavy atom. The van der Waals surface area contributed by atoms with Crippen molar-refractivity contribution < 1.29 is 4.79 Å². The third-order valence-corrected chi connectivity index (χ3v) is 4.60. The van der Waals surface area contributed by atoms with Gasteiger partial charge in [0.1, 0.15) is 0 Å². The molecule has 1 amide bonds. The van der Waals surface area contributed by atoms with Crippen LogP contribution in [0.1, 0.15) is 34.8 Å². The first-order chi connectivity index (χ1) is 9.75. The van der Waals surface area contributed by atoms with E-state index in [1.807, 2.05) is 42.5 Å². The van der Waals surface area contributed by atoms with Gasteiger partial charge in [-0.3, -0.25) is 4.79 Å². The van der Waals surface area contributed by atoms with Gasteiger partial charge in [-0.1, -0.05) is 42.5 Å². The van der Waals surface area contributed by atoms with Crippen LogP contribution in [0.15, 0.2) is 54.6 Å².